The Morgan fingerprint density at radius 2 is 1.76 bits per heavy atom. The van der Waals surface area contributed by atoms with Gasteiger partial charge in [0.15, 0.2) is 5.82 Å². The first-order valence-electron chi connectivity index (χ1n) is 12.1. The predicted molar refractivity (Wildman–Crippen MR) is 153 cm³/mol. The topological polar surface area (TPSA) is 99.6 Å². The van der Waals surface area contributed by atoms with E-state index in [4.69, 9.17) is 27.9 Å². The van der Waals surface area contributed by atoms with Gasteiger partial charge in [0.2, 0.25) is 5.75 Å². The molecule has 212 valence electrons. The Morgan fingerprint density at radius 1 is 1.00 bits per heavy atom. The summed E-state index contributed by atoms with van der Waals surface area (Å²) >= 11 is 12.2. The van der Waals surface area contributed by atoms with E-state index < -0.39 is 22.2 Å². The van der Waals surface area contributed by atoms with Gasteiger partial charge in [-0.25, -0.2) is 4.98 Å². The summed E-state index contributed by atoms with van der Waals surface area (Å²) in [7, 11) is 0. The second-order valence-electron chi connectivity index (χ2n) is 8.87. The minimum Gasteiger partial charge on any atom is -0.481 e. The van der Waals surface area contributed by atoms with Gasteiger partial charge < -0.3 is 4.74 Å². The van der Waals surface area contributed by atoms with E-state index in [1.807, 2.05) is 0 Å². The van der Waals surface area contributed by atoms with Crippen LogP contribution in [0.2, 0.25) is 10.0 Å². The quantitative estimate of drug-likeness (QED) is 0.106. The van der Waals surface area contributed by atoms with Crippen molar-refractivity contribution in [3.63, 3.8) is 0 Å². The third kappa shape index (κ3) is 5.97. The summed E-state index contributed by atoms with van der Waals surface area (Å²) in [6.45, 7) is -0.158. The van der Waals surface area contributed by atoms with Gasteiger partial charge in [-0.15, -0.1) is 0 Å². The molecule has 0 fully saturated rings. The van der Waals surface area contributed by atoms with E-state index in [1.165, 1.54) is 42.5 Å². The van der Waals surface area contributed by atoms with Crippen molar-refractivity contribution < 1.29 is 22.8 Å². The number of benzene rings is 4. The molecule has 0 aliphatic heterocycles. The molecule has 0 spiro atoms. The first-order valence-corrected chi connectivity index (χ1v) is 12.9. The Hall–Kier alpha value is -4.74. The second-order valence-corrected chi connectivity index (χ2v) is 9.71. The zero-order valence-corrected chi connectivity index (χ0v) is 22.7. The van der Waals surface area contributed by atoms with Crippen LogP contribution in [-0.4, -0.2) is 20.8 Å². The number of rotatable bonds is 7. The summed E-state index contributed by atoms with van der Waals surface area (Å²) in [5.41, 5.74) is -1.13. The van der Waals surface area contributed by atoms with Crippen LogP contribution in [0.1, 0.15) is 16.7 Å². The van der Waals surface area contributed by atoms with Crippen LogP contribution in [-0.2, 0) is 12.8 Å². The van der Waals surface area contributed by atoms with Gasteiger partial charge in [-0.05, 0) is 42.5 Å². The fraction of sp³-hybridized carbons (Fsp3) is 0.0690. The van der Waals surface area contributed by atoms with Crippen LogP contribution in [0.4, 0.5) is 18.9 Å². The van der Waals surface area contributed by atoms with Crippen molar-refractivity contribution in [1.29, 1.82) is 0 Å². The maximum absolute atomic E-state index is 13.5. The highest BCUT2D eigenvalue weighted by atomic mass is 35.5. The Balaban J connectivity index is 1.63. The molecule has 0 radical (unpaired) electrons. The molecule has 8 nitrogen and oxygen atoms in total. The van der Waals surface area contributed by atoms with Crippen LogP contribution in [0.5, 0.6) is 5.75 Å². The smallest absolute Gasteiger partial charge is 0.416 e. The molecule has 1 aromatic heterocycles. The number of hydrogen-bond donors (Lipinski definition) is 0. The minimum atomic E-state index is -4.64. The van der Waals surface area contributed by atoms with Crippen LogP contribution >= 0.6 is 23.2 Å². The van der Waals surface area contributed by atoms with Gasteiger partial charge in [0.1, 0.15) is 6.61 Å². The van der Waals surface area contributed by atoms with E-state index in [-0.39, 0.29) is 50.9 Å². The van der Waals surface area contributed by atoms with Gasteiger partial charge in [-0.1, -0.05) is 59.6 Å². The van der Waals surface area contributed by atoms with Crippen molar-refractivity contribution in [2.45, 2.75) is 12.8 Å². The van der Waals surface area contributed by atoms with Gasteiger partial charge in [-0.2, -0.15) is 22.9 Å². The zero-order valence-electron chi connectivity index (χ0n) is 21.2. The van der Waals surface area contributed by atoms with Gasteiger partial charge in [0.25, 0.3) is 5.56 Å². The van der Waals surface area contributed by atoms with Gasteiger partial charge in [0.05, 0.1) is 27.6 Å². The third-order valence-corrected chi connectivity index (χ3v) is 6.71. The Morgan fingerprint density at radius 3 is 2.50 bits per heavy atom. The number of ether oxygens (including phenoxy) is 1. The molecule has 42 heavy (non-hydrogen) atoms. The lowest BCUT2D eigenvalue weighted by molar-refractivity contribution is -0.386. The average molecular weight is 613 g/mol. The van der Waals surface area contributed by atoms with Gasteiger partial charge in [-0.3, -0.25) is 14.9 Å². The first-order chi connectivity index (χ1) is 20.0. The summed E-state index contributed by atoms with van der Waals surface area (Å²) in [6.07, 6.45) is -3.50. The van der Waals surface area contributed by atoms with E-state index in [9.17, 15) is 28.1 Å². The number of nitro groups is 1. The fourth-order valence-electron chi connectivity index (χ4n) is 4.11. The Kier molecular flexibility index (Phi) is 7.97. The number of alkyl halides is 3. The molecule has 5 aromatic rings. The summed E-state index contributed by atoms with van der Waals surface area (Å²) < 4.78 is 47.1. The summed E-state index contributed by atoms with van der Waals surface area (Å²) in [5, 5.41) is 16.9. The van der Waals surface area contributed by atoms with Crippen molar-refractivity contribution >= 4 is 46.0 Å². The maximum atomic E-state index is 13.5. The molecule has 13 heteroatoms. The fourth-order valence-corrected chi connectivity index (χ4v) is 4.57. The van der Waals surface area contributed by atoms with Crippen LogP contribution in [0.15, 0.2) is 94.8 Å². The number of aromatic nitrogens is 2. The van der Waals surface area contributed by atoms with Crippen LogP contribution in [0, 0.1) is 10.1 Å². The molecule has 0 N–H and O–H groups in total. The molecule has 1 heterocycles. The SMILES string of the molecule is O=c1c2ccccc2nc(-c2cccc(C(F)(F)F)c2)n1N=Cc1cccc([N+](=O)[O-])c1OCc1ccc(Cl)cc1Cl. The van der Waals surface area contributed by atoms with Crippen molar-refractivity contribution in [1.82, 2.24) is 9.66 Å². The normalized spacial score (nSPS) is 11.7. The second kappa shape index (κ2) is 11.6. The molecular formula is C29H17Cl2F3N4O4. The molecule has 0 aliphatic rings. The standard InChI is InChI=1S/C29H17Cl2F3N4O4/c30-21-12-11-19(23(31)14-21)16-42-26-18(6-4-10-25(26)38(40)41)15-35-37-27(17-5-3-7-20(13-17)29(32,33)34)36-24-9-2-1-8-22(24)28(37)39/h1-15H,16H2. The average Bonchev–Trinajstić information content (AvgIpc) is 2.96. The van der Waals surface area contributed by atoms with Gasteiger partial charge >= 0.3 is 11.9 Å². The molecule has 0 amide bonds. The van der Waals surface area contributed by atoms with Crippen LogP contribution in [0.25, 0.3) is 22.3 Å². The summed E-state index contributed by atoms with van der Waals surface area (Å²) in [4.78, 5) is 29.1. The number of para-hydroxylation sites is 2. The Labute approximate surface area is 245 Å². The number of nitrogens with zero attached hydrogens (tertiary/aromatic N) is 4. The number of hydrogen-bond acceptors (Lipinski definition) is 6. The molecule has 5 rings (SSSR count). The van der Waals surface area contributed by atoms with Gasteiger partial charge in [0, 0.05) is 32.8 Å². The Bertz CT molecular complexity index is 1930. The zero-order chi connectivity index (χ0) is 30.0. The highest BCUT2D eigenvalue weighted by molar-refractivity contribution is 6.35. The highest BCUT2D eigenvalue weighted by Gasteiger charge is 2.31. The molecular weight excluding hydrogens is 596 g/mol. The molecule has 4 aromatic carbocycles. The minimum absolute atomic E-state index is 0.0160. The van der Waals surface area contributed by atoms with Crippen molar-refractivity contribution in [2.75, 3.05) is 0 Å². The first kappa shape index (κ1) is 28.8. The van der Waals surface area contributed by atoms with Crippen LogP contribution < -0.4 is 10.3 Å². The number of fused-ring (bicyclic) bond motifs is 1. The lowest BCUT2D eigenvalue weighted by Crippen LogP contribution is -2.20. The molecule has 0 saturated heterocycles. The lowest BCUT2D eigenvalue weighted by atomic mass is 10.1. The van der Waals surface area contributed by atoms with E-state index >= 15 is 0 Å². The maximum Gasteiger partial charge on any atom is 0.416 e. The highest BCUT2D eigenvalue weighted by Crippen LogP contribution is 2.33. The van der Waals surface area contributed by atoms with Crippen LogP contribution in [0.3, 0.4) is 0 Å². The van der Waals surface area contributed by atoms with E-state index in [1.54, 1.807) is 30.3 Å². The van der Waals surface area contributed by atoms with Crippen molar-refractivity contribution in [3.8, 4) is 17.1 Å². The van der Waals surface area contributed by atoms with E-state index in [0.717, 1.165) is 23.0 Å². The largest absolute Gasteiger partial charge is 0.481 e. The van der Waals surface area contributed by atoms with E-state index in [2.05, 4.69) is 10.1 Å². The monoisotopic (exact) mass is 612 g/mol. The van der Waals surface area contributed by atoms with Crippen molar-refractivity contribution in [2.24, 2.45) is 5.10 Å². The van der Waals surface area contributed by atoms with E-state index in [0.29, 0.717) is 10.6 Å². The molecule has 0 atom stereocenters. The van der Waals surface area contributed by atoms with Crippen molar-refractivity contribution in [3.05, 3.63) is 132 Å². The summed E-state index contributed by atoms with van der Waals surface area (Å²) in [6, 6.07) is 19.4. The molecule has 0 aliphatic carbocycles. The predicted octanol–water partition coefficient (Wildman–Crippen LogP) is 7.76. The summed E-state index contributed by atoms with van der Waals surface area (Å²) in [5.74, 6) is -0.332. The molecule has 0 saturated carbocycles. The molecule has 0 unspecified atom stereocenters. The third-order valence-electron chi connectivity index (χ3n) is 6.12. The number of nitro benzene ring substituents is 1. The number of halogens is 5. The molecule has 0 bridgehead atoms. The lowest BCUT2D eigenvalue weighted by Gasteiger charge is -2.13.